The van der Waals surface area contributed by atoms with Crippen LogP contribution in [0.4, 0.5) is 5.82 Å². The maximum atomic E-state index is 4.62. The van der Waals surface area contributed by atoms with Crippen molar-refractivity contribution in [2.75, 3.05) is 5.32 Å². The van der Waals surface area contributed by atoms with Gasteiger partial charge in [0.05, 0.1) is 29.5 Å². The molecular formula is C14H16N8S. The van der Waals surface area contributed by atoms with E-state index in [4.69, 9.17) is 0 Å². The zero-order valence-corrected chi connectivity index (χ0v) is 13.9. The van der Waals surface area contributed by atoms with Crippen LogP contribution in [-0.2, 0) is 13.5 Å². The molecule has 8 nitrogen and oxygen atoms in total. The Hall–Kier alpha value is -2.55. The number of hydrogen-bond acceptors (Lipinski definition) is 7. The molecule has 0 fully saturated rings. The van der Waals surface area contributed by atoms with Crippen LogP contribution >= 0.6 is 11.3 Å². The van der Waals surface area contributed by atoms with E-state index in [2.05, 4.69) is 37.4 Å². The summed E-state index contributed by atoms with van der Waals surface area (Å²) >= 11 is 1.52. The largest absolute Gasteiger partial charge is 0.361 e. The number of fused-ring (bicyclic) bond motifs is 2. The third kappa shape index (κ3) is 2.33. The first-order valence-corrected chi connectivity index (χ1v) is 8.27. The molecule has 4 rings (SSSR count). The van der Waals surface area contributed by atoms with Crippen molar-refractivity contribution < 1.29 is 0 Å². The van der Waals surface area contributed by atoms with Gasteiger partial charge >= 0.3 is 0 Å². The smallest absolute Gasteiger partial charge is 0.212 e. The topological polar surface area (TPSA) is 85.8 Å². The molecule has 1 atom stereocenters. The number of hydrogen-bond donors (Lipinski definition) is 1. The standard InChI is InChI=1S/C14H16N8S/c1-4-11-19-12(9-5-15-21(3)13(9)20-11)17-8(2)10-6-22-14(18-10)23-7-16-22/h5-8H,4H2,1-3H3,(H,17,19,20). The van der Waals surface area contributed by atoms with Gasteiger partial charge in [0.1, 0.15) is 17.2 Å². The van der Waals surface area contributed by atoms with Gasteiger partial charge in [-0.05, 0) is 6.92 Å². The van der Waals surface area contributed by atoms with Crippen molar-refractivity contribution in [2.45, 2.75) is 26.3 Å². The Labute approximate surface area is 136 Å². The number of imidazole rings is 1. The summed E-state index contributed by atoms with van der Waals surface area (Å²) in [7, 11) is 1.89. The number of aryl methyl sites for hydroxylation is 2. The third-order valence-electron chi connectivity index (χ3n) is 3.76. The van der Waals surface area contributed by atoms with Gasteiger partial charge in [-0.15, -0.1) is 0 Å². The molecule has 0 saturated heterocycles. The summed E-state index contributed by atoms with van der Waals surface area (Å²) in [5.41, 5.74) is 3.54. The number of aromatic nitrogens is 7. The molecule has 4 aromatic heterocycles. The maximum Gasteiger partial charge on any atom is 0.212 e. The molecule has 0 bridgehead atoms. The SMILES string of the molecule is CCc1nc(NC(C)c2cn3ncsc3n2)c2cnn(C)c2n1. The molecule has 0 aliphatic heterocycles. The zero-order chi connectivity index (χ0) is 16.0. The van der Waals surface area contributed by atoms with E-state index in [-0.39, 0.29) is 6.04 Å². The fourth-order valence-electron chi connectivity index (χ4n) is 2.48. The van der Waals surface area contributed by atoms with Gasteiger partial charge in [-0.2, -0.15) is 10.2 Å². The van der Waals surface area contributed by atoms with Crippen molar-refractivity contribution in [3.8, 4) is 0 Å². The van der Waals surface area contributed by atoms with E-state index in [0.717, 1.165) is 39.8 Å². The second-order valence-corrected chi connectivity index (χ2v) is 6.16. The molecular weight excluding hydrogens is 312 g/mol. The number of anilines is 1. The first kappa shape index (κ1) is 14.1. The van der Waals surface area contributed by atoms with Crippen molar-refractivity contribution in [1.29, 1.82) is 0 Å². The second kappa shape index (κ2) is 5.27. The van der Waals surface area contributed by atoms with Gasteiger partial charge in [-0.3, -0.25) is 4.68 Å². The minimum absolute atomic E-state index is 0.00640. The quantitative estimate of drug-likeness (QED) is 0.618. The molecule has 0 aromatic carbocycles. The lowest BCUT2D eigenvalue weighted by atomic mass is 10.2. The van der Waals surface area contributed by atoms with Crippen LogP contribution in [0.2, 0.25) is 0 Å². The molecule has 118 valence electrons. The highest BCUT2D eigenvalue weighted by atomic mass is 32.1. The van der Waals surface area contributed by atoms with Gasteiger partial charge in [0.2, 0.25) is 4.96 Å². The molecule has 0 spiro atoms. The monoisotopic (exact) mass is 328 g/mol. The molecule has 4 aromatic rings. The number of nitrogens with zero attached hydrogens (tertiary/aromatic N) is 7. The molecule has 23 heavy (non-hydrogen) atoms. The molecule has 1 N–H and O–H groups in total. The first-order chi connectivity index (χ1) is 11.2. The predicted molar refractivity (Wildman–Crippen MR) is 88.6 cm³/mol. The van der Waals surface area contributed by atoms with Gasteiger partial charge in [0.15, 0.2) is 5.65 Å². The van der Waals surface area contributed by atoms with Gasteiger partial charge < -0.3 is 5.32 Å². The van der Waals surface area contributed by atoms with E-state index in [0.29, 0.717) is 0 Å². The van der Waals surface area contributed by atoms with Crippen molar-refractivity contribution in [3.63, 3.8) is 0 Å². The highest BCUT2D eigenvalue weighted by molar-refractivity contribution is 7.14. The van der Waals surface area contributed by atoms with Crippen molar-refractivity contribution in [2.24, 2.45) is 7.05 Å². The Bertz CT molecular complexity index is 953. The van der Waals surface area contributed by atoms with Crippen LogP contribution in [0.3, 0.4) is 0 Å². The molecule has 4 heterocycles. The Balaban J connectivity index is 1.72. The summed E-state index contributed by atoms with van der Waals surface area (Å²) in [6, 6.07) is 0.00640. The van der Waals surface area contributed by atoms with E-state index in [9.17, 15) is 0 Å². The van der Waals surface area contributed by atoms with Gasteiger partial charge in [-0.25, -0.2) is 19.5 Å². The summed E-state index contributed by atoms with van der Waals surface area (Å²) in [5, 5.41) is 12.8. The molecule has 1 unspecified atom stereocenters. The minimum Gasteiger partial charge on any atom is -0.361 e. The van der Waals surface area contributed by atoms with Gasteiger partial charge in [-0.1, -0.05) is 18.3 Å². The second-order valence-electron chi connectivity index (χ2n) is 5.35. The van der Waals surface area contributed by atoms with Gasteiger partial charge in [0, 0.05) is 13.5 Å². The van der Waals surface area contributed by atoms with Crippen LogP contribution in [0.1, 0.15) is 31.4 Å². The highest BCUT2D eigenvalue weighted by Crippen LogP contribution is 2.25. The number of nitrogens with one attached hydrogen (secondary N) is 1. The average Bonchev–Trinajstić information content (AvgIpc) is 3.22. The van der Waals surface area contributed by atoms with Crippen molar-refractivity contribution in [3.05, 3.63) is 29.4 Å². The molecule has 0 amide bonds. The molecule has 0 saturated carbocycles. The predicted octanol–water partition coefficient (Wildman–Crippen LogP) is 2.20. The van der Waals surface area contributed by atoms with Crippen LogP contribution < -0.4 is 5.32 Å². The summed E-state index contributed by atoms with van der Waals surface area (Å²) in [6.07, 6.45) is 4.50. The van der Waals surface area contributed by atoms with Gasteiger partial charge in [0.25, 0.3) is 0 Å². The Morgan fingerprint density at radius 2 is 2.13 bits per heavy atom. The Morgan fingerprint density at radius 3 is 2.91 bits per heavy atom. The van der Waals surface area contributed by atoms with Crippen LogP contribution in [0, 0.1) is 0 Å². The first-order valence-electron chi connectivity index (χ1n) is 7.39. The Kier molecular flexibility index (Phi) is 3.22. The molecule has 0 radical (unpaired) electrons. The zero-order valence-electron chi connectivity index (χ0n) is 13.1. The number of rotatable bonds is 4. The fourth-order valence-corrected chi connectivity index (χ4v) is 3.09. The Morgan fingerprint density at radius 1 is 1.26 bits per heavy atom. The minimum atomic E-state index is 0.00640. The summed E-state index contributed by atoms with van der Waals surface area (Å²) in [6.45, 7) is 4.10. The van der Waals surface area contributed by atoms with Crippen molar-refractivity contribution >= 4 is 33.1 Å². The van der Waals surface area contributed by atoms with E-state index in [1.807, 2.05) is 20.2 Å². The lowest BCUT2D eigenvalue weighted by molar-refractivity contribution is 0.778. The van der Waals surface area contributed by atoms with Crippen LogP contribution in [-0.4, -0.2) is 34.3 Å². The third-order valence-corrected chi connectivity index (χ3v) is 4.45. The average molecular weight is 328 g/mol. The van der Waals surface area contributed by atoms with E-state index in [1.165, 1.54) is 11.3 Å². The molecule has 9 heteroatoms. The highest BCUT2D eigenvalue weighted by Gasteiger charge is 2.16. The molecule has 0 aliphatic rings. The van der Waals surface area contributed by atoms with E-state index in [1.54, 1.807) is 20.9 Å². The summed E-state index contributed by atoms with van der Waals surface area (Å²) < 4.78 is 3.55. The van der Waals surface area contributed by atoms with Crippen LogP contribution in [0.25, 0.3) is 16.0 Å². The maximum absolute atomic E-state index is 4.62. The van der Waals surface area contributed by atoms with E-state index < -0.39 is 0 Å². The summed E-state index contributed by atoms with van der Waals surface area (Å²) in [5.74, 6) is 1.58. The van der Waals surface area contributed by atoms with E-state index >= 15 is 0 Å². The fraction of sp³-hybridized carbons (Fsp3) is 0.357. The molecule has 0 aliphatic carbocycles. The summed E-state index contributed by atoms with van der Waals surface area (Å²) in [4.78, 5) is 14.6. The van der Waals surface area contributed by atoms with Crippen molar-refractivity contribution in [1.82, 2.24) is 34.3 Å². The van der Waals surface area contributed by atoms with Crippen LogP contribution in [0.5, 0.6) is 0 Å². The lowest BCUT2D eigenvalue weighted by Gasteiger charge is -2.13. The normalized spacial score (nSPS) is 13.0. The lowest BCUT2D eigenvalue weighted by Crippen LogP contribution is -2.10. The van der Waals surface area contributed by atoms with Crippen LogP contribution in [0.15, 0.2) is 17.9 Å².